The molecule has 120 valence electrons. The molecule has 5 heteroatoms. The molecule has 1 aromatic heterocycles. The maximum Gasteiger partial charge on any atom is 0.310 e. The first-order chi connectivity index (χ1) is 11.2. The van der Waals surface area contributed by atoms with Gasteiger partial charge in [0.05, 0.1) is 6.42 Å². The molecule has 1 N–H and O–H groups in total. The fourth-order valence-electron chi connectivity index (χ4n) is 3.06. The number of hydrogen-bond acceptors (Lipinski definition) is 3. The van der Waals surface area contributed by atoms with E-state index in [0.29, 0.717) is 0 Å². The van der Waals surface area contributed by atoms with Crippen LogP contribution >= 0.6 is 0 Å². The van der Waals surface area contributed by atoms with Gasteiger partial charge in [0.2, 0.25) is 5.91 Å². The van der Waals surface area contributed by atoms with Crippen LogP contribution in [-0.4, -0.2) is 29.6 Å². The van der Waals surface area contributed by atoms with Crippen LogP contribution in [0, 0.1) is 0 Å². The van der Waals surface area contributed by atoms with E-state index in [-0.39, 0.29) is 30.9 Å². The fourth-order valence-corrected chi connectivity index (χ4v) is 3.06. The topological polar surface area (TPSA) is 60.3 Å². The molecule has 2 aromatic rings. The molecule has 3 rings (SSSR count). The third-order valence-corrected chi connectivity index (χ3v) is 4.11. The molecule has 1 atom stereocenters. The molecule has 0 aliphatic carbocycles. The molecule has 0 radical (unpaired) electrons. The van der Waals surface area contributed by atoms with E-state index < -0.39 is 0 Å². The van der Waals surface area contributed by atoms with Crippen LogP contribution < -0.4 is 5.32 Å². The Morgan fingerprint density at radius 1 is 1.43 bits per heavy atom. The molecule has 1 saturated heterocycles. The predicted octanol–water partition coefficient (Wildman–Crippen LogP) is 2.36. The van der Waals surface area contributed by atoms with Gasteiger partial charge in [0, 0.05) is 23.6 Å². The van der Waals surface area contributed by atoms with Gasteiger partial charge in [-0.15, -0.1) is 0 Å². The first-order valence-electron chi connectivity index (χ1n) is 7.83. The van der Waals surface area contributed by atoms with Crippen LogP contribution in [-0.2, 0) is 20.7 Å². The van der Waals surface area contributed by atoms with Crippen molar-refractivity contribution in [3.8, 4) is 0 Å². The molecule has 1 aliphatic heterocycles. The summed E-state index contributed by atoms with van der Waals surface area (Å²) in [4.78, 5) is 24.1. The van der Waals surface area contributed by atoms with Gasteiger partial charge in [0.15, 0.2) is 0 Å². The minimum absolute atomic E-state index is 0.0396. The molecule has 0 saturated carbocycles. The molecule has 23 heavy (non-hydrogen) atoms. The second-order valence-electron chi connectivity index (χ2n) is 5.68. The molecule has 1 unspecified atom stereocenters. The summed E-state index contributed by atoms with van der Waals surface area (Å²) in [5.74, 6) is -0.251. The SMILES string of the molecule is C=CCOC(=O)Cc1cn(C2CCCNC2=O)c2ccccc12. The first kappa shape index (κ1) is 15.3. The third-order valence-electron chi connectivity index (χ3n) is 4.11. The van der Waals surface area contributed by atoms with Crippen molar-refractivity contribution in [2.45, 2.75) is 25.3 Å². The molecular formula is C18H20N2O3. The highest BCUT2D eigenvalue weighted by Crippen LogP contribution is 2.28. The first-order valence-corrected chi connectivity index (χ1v) is 7.83. The third kappa shape index (κ3) is 3.13. The van der Waals surface area contributed by atoms with E-state index in [1.54, 1.807) is 6.08 Å². The Morgan fingerprint density at radius 2 is 2.26 bits per heavy atom. The van der Waals surface area contributed by atoms with E-state index in [2.05, 4.69) is 11.9 Å². The monoisotopic (exact) mass is 312 g/mol. The number of piperidine rings is 1. The number of benzene rings is 1. The summed E-state index contributed by atoms with van der Waals surface area (Å²) < 4.78 is 7.06. The lowest BCUT2D eigenvalue weighted by Crippen LogP contribution is -2.37. The number of ether oxygens (including phenoxy) is 1. The molecule has 0 spiro atoms. The zero-order valence-corrected chi connectivity index (χ0v) is 13.0. The maximum atomic E-state index is 12.2. The number of aromatic nitrogens is 1. The van der Waals surface area contributed by atoms with Crippen molar-refractivity contribution in [1.29, 1.82) is 0 Å². The number of hydrogen-bond donors (Lipinski definition) is 1. The summed E-state index contributed by atoms with van der Waals surface area (Å²) in [5, 5.41) is 3.90. The Balaban J connectivity index is 1.95. The van der Waals surface area contributed by atoms with Gasteiger partial charge in [-0.3, -0.25) is 9.59 Å². The van der Waals surface area contributed by atoms with Gasteiger partial charge in [-0.1, -0.05) is 30.9 Å². The molecular weight excluding hydrogens is 292 g/mol. The van der Waals surface area contributed by atoms with Crippen LogP contribution in [0.1, 0.15) is 24.4 Å². The highest BCUT2D eigenvalue weighted by atomic mass is 16.5. The number of esters is 1. The lowest BCUT2D eigenvalue weighted by molar-refractivity contribution is -0.141. The maximum absolute atomic E-state index is 12.2. The summed E-state index contributed by atoms with van der Waals surface area (Å²) in [6, 6.07) is 7.62. The normalized spacial score (nSPS) is 17.7. The molecule has 5 nitrogen and oxygen atoms in total. The zero-order chi connectivity index (χ0) is 16.2. The zero-order valence-electron chi connectivity index (χ0n) is 13.0. The summed E-state index contributed by atoms with van der Waals surface area (Å²) >= 11 is 0. The van der Waals surface area contributed by atoms with Gasteiger partial charge in [-0.05, 0) is 24.5 Å². The number of amides is 1. The summed E-state index contributed by atoms with van der Waals surface area (Å²) in [5.41, 5.74) is 1.86. The lowest BCUT2D eigenvalue weighted by atomic mass is 10.1. The van der Waals surface area contributed by atoms with Gasteiger partial charge >= 0.3 is 5.97 Å². The van der Waals surface area contributed by atoms with Crippen molar-refractivity contribution >= 4 is 22.8 Å². The molecule has 1 amide bonds. The van der Waals surface area contributed by atoms with E-state index in [9.17, 15) is 9.59 Å². The van der Waals surface area contributed by atoms with E-state index in [1.807, 2.05) is 35.0 Å². The quantitative estimate of drug-likeness (QED) is 0.681. The highest BCUT2D eigenvalue weighted by molar-refractivity contribution is 5.90. The van der Waals surface area contributed by atoms with Gasteiger partial charge < -0.3 is 14.6 Å². The molecule has 1 aliphatic rings. The summed E-state index contributed by atoms with van der Waals surface area (Å²) in [6.07, 6.45) is 5.42. The Kier molecular flexibility index (Phi) is 4.46. The summed E-state index contributed by atoms with van der Waals surface area (Å²) in [7, 11) is 0. The van der Waals surface area contributed by atoms with Crippen LogP contribution in [0.5, 0.6) is 0 Å². The van der Waals surface area contributed by atoms with Crippen molar-refractivity contribution < 1.29 is 14.3 Å². The Bertz CT molecular complexity index is 748. The average molecular weight is 312 g/mol. The number of nitrogens with zero attached hydrogens (tertiary/aromatic N) is 1. The minimum atomic E-state index is -0.291. The van der Waals surface area contributed by atoms with E-state index in [0.717, 1.165) is 35.9 Å². The molecule has 1 aromatic carbocycles. The van der Waals surface area contributed by atoms with Gasteiger partial charge in [0.1, 0.15) is 12.6 Å². The number of para-hydroxylation sites is 1. The van der Waals surface area contributed by atoms with Crippen molar-refractivity contribution in [3.05, 3.63) is 48.7 Å². The van der Waals surface area contributed by atoms with E-state index >= 15 is 0 Å². The molecule has 1 fully saturated rings. The van der Waals surface area contributed by atoms with Gasteiger partial charge in [-0.2, -0.15) is 0 Å². The largest absolute Gasteiger partial charge is 0.461 e. The lowest BCUT2D eigenvalue weighted by Gasteiger charge is -2.24. The van der Waals surface area contributed by atoms with Crippen LogP contribution in [0.2, 0.25) is 0 Å². The van der Waals surface area contributed by atoms with Crippen molar-refractivity contribution in [2.75, 3.05) is 13.2 Å². The van der Waals surface area contributed by atoms with Crippen LogP contribution in [0.3, 0.4) is 0 Å². The molecule has 2 heterocycles. The van der Waals surface area contributed by atoms with E-state index in [4.69, 9.17) is 4.74 Å². The number of rotatable bonds is 5. The standard InChI is InChI=1S/C18H20N2O3/c1-2-10-23-17(21)11-13-12-20(15-7-4-3-6-14(13)15)16-8-5-9-19-18(16)22/h2-4,6-7,12,16H,1,5,8-11H2,(H,19,22). The Hall–Kier alpha value is -2.56. The Labute approximate surface area is 134 Å². The fraction of sp³-hybridized carbons (Fsp3) is 0.333. The van der Waals surface area contributed by atoms with Crippen LogP contribution in [0.15, 0.2) is 43.1 Å². The highest BCUT2D eigenvalue weighted by Gasteiger charge is 2.26. The van der Waals surface area contributed by atoms with Gasteiger partial charge in [0.25, 0.3) is 0 Å². The average Bonchev–Trinajstić information content (AvgIpc) is 2.92. The number of nitrogens with one attached hydrogen (secondary N) is 1. The van der Waals surface area contributed by atoms with Crippen molar-refractivity contribution in [1.82, 2.24) is 9.88 Å². The minimum Gasteiger partial charge on any atom is -0.461 e. The second-order valence-corrected chi connectivity index (χ2v) is 5.68. The molecule has 0 bridgehead atoms. The summed E-state index contributed by atoms with van der Waals surface area (Å²) in [6.45, 7) is 4.48. The second kappa shape index (κ2) is 6.69. The van der Waals surface area contributed by atoms with Gasteiger partial charge in [-0.25, -0.2) is 0 Å². The number of carbonyl (C=O) groups is 2. The number of fused-ring (bicyclic) bond motifs is 1. The van der Waals surface area contributed by atoms with Crippen molar-refractivity contribution in [3.63, 3.8) is 0 Å². The number of carbonyl (C=O) groups excluding carboxylic acids is 2. The van der Waals surface area contributed by atoms with E-state index in [1.165, 1.54) is 0 Å². The smallest absolute Gasteiger partial charge is 0.310 e. The predicted molar refractivity (Wildman–Crippen MR) is 88.1 cm³/mol. The van der Waals surface area contributed by atoms with Crippen LogP contribution in [0.4, 0.5) is 0 Å². The van der Waals surface area contributed by atoms with Crippen molar-refractivity contribution in [2.24, 2.45) is 0 Å². The Morgan fingerprint density at radius 3 is 3.04 bits per heavy atom. The van der Waals surface area contributed by atoms with Crippen LogP contribution in [0.25, 0.3) is 10.9 Å².